The van der Waals surface area contributed by atoms with E-state index in [-0.39, 0.29) is 6.04 Å². The van der Waals surface area contributed by atoms with Crippen molar-refractivity contribution < 1.29 is 0 Å². The lowest BCUT2D eigenvalue weighted by Crippen LogP contribution is -2.06. The molecule has 0 radical (unpaired) electrons. The molecule has 3 rings (SSSR count). The zero-order valence-electron chi connectivity index (χ0n) is 11.3. The summed E-state index contributed by atoms with van der Waals surface area (Å²) in [6.07, 6.45) is 0. The van der Waals surface area contributed by atoms with Crippen LogP contribution in [0.4, 0.5) is 5.69 Å². The van der Waals surface area contributed by atoms with Crippen LogP contribution in [0.1, 0.15) is 24.5 Å². The number of aryl methyl sites for hydroxylation is 1. The molecule has 0 spiro atoms. The van der Waals surface area contributed by atoms with Gasteiger partial charge in [-0.25, -0.2) is 9.97 Å². The smallest absolute Gasteiger partial charge is 0.181 e. The molecule has 102 valence electrons. The summed E-state index contributed by atoms with van der Waals surface area (Å²) in [5.74, 6) is 1.53. The van der Waals surface area contributed by atoms with Gasteiger partial charge in [-0.05, 0) is 26.0 Å². The maximum Gasteiger partial charge on any atom is 0.181 e. The first kappa shape index (κ1) is 12.8. The molecule has 3 aromatic rings. The molecule has 2 heterocycles. The Morgan fingerprint density at radius 3 is 2.95 bits per heavy atom. The van der Waals surface area contributed by atoms with Crippen molar-refractivity contribution in [2.75, 3.05) is 5.32 Å². The normalized spacial score (nSPS) is 12.3. The van der Waals surface area contributed by atoms with Crippen LogP contribution in [0, 0.1) is 6.92 Å². The summed E-state index contributed by atoms with van der Waals surface area (Å²) in [5, 5.41) is 12.5. The van der Waals surface area contributed by atoms with E-state index in [9.17, 15) is 0 Å². The van der Waals surface area contributed by atoms with Gasteiger partial charge in [0.05, 0.1) is 17.2 Å². The maximum atomic E-state index is 4.35. The Balaban J connectivity index is 1.81. The minimum Gasteiger partial charge on any atom is -0.377 e. The van der Waals surface area contributed by atoms with E-state index in [1.54, 1.807) is 11.3 Å². The Morgan fingerprint density at radius 2 is 2.25 bits per heavy atom. The molecule has 0 aliphatic heterocycles. The second kappa shape index (κ2) is 5.42. The van der Waals surface area contributed by atoms with E-state index < -0.39 is 0 Å². The number of thiazole rings is 1. The predicted molar refractivity (Wildman–Crippen MR) is 80.7 cm³/mol. The van der Waals surface area contributed by atoms with Gasteiger partial charge >= 0.3 is 0 Å². The SMILES string of the molecule is Cc1nc(-c2cccc(NC(C)c3cscn3)c2)n[nH]1. The van der Waals surface area contributed by atoms with E-state index in [1.165, 1.54) is 0 Å². The van der Waals surface area contributed by atoms with Gasteiger partial charge in [-0.15, -0.1) is 11.3 Å². The Morgan fingerprint density at radius 1 is 1.35 bits per heavy atom. The second-order valence-electron chi connectivity index (χ2n) is 4.60. The summed E-state index contributed by atoms with van der Waals surface area (Å²) in [5.41, 5.74) is 4.92. The molecule has 2 N–H and O–H groups in total. The van der Waals surface area contributed by atoms with Crippen LogP contribution in [0.5, 0.6) is 0 Å². The van der Waals surface area contributed by atoms with Crippen molar-refractivity contribution in [1.29, 1.82) is 0 Å². The van der Waals surface area contributed by atoms with Crippen LogP contribution in [-0.2, 0) is 0 Å². The summed E-state index contributed by atoms with van der Waals surface area (Å²) in [6, 6.07) is 8.25. The average molecular weight is 285 g/mol. The fourth-order valence-corrected chi connectivity index (χ4v) is 2.63. The first-order valence-electron chi connectivity index (χ1n) is 6.36. The molecule has 0 aliphatic rings. The van der Waals surface area contributed by atoms with Gasteiger partial charge in [0.2, 0.25) is 0 Å². The van der Waals surface area contributed by atoms with Crippen LogP contribution < -0.4 is 5.32 Å². The van der Waals surface area contributed by atoms with Gasteiger partial charge < -0.3 is 5.32 Å². The van der Waals surface area contributed by atoms with E-state index >= 15 is 0 Å². The van der Waals surface area contributed by atoms with Crippen LogP contribution >= 0.6 is 11.3 Å². The second-order valence-corrected chi connectivity index (χ2v) is 5.32. The number of nitrogens with one attached hydrogen (secondary N) is 2. The van der Waals surface area contributed by atoms with Gasteiger partial charge in [0.25, 0.3) is 0 Å². The zero-order chi connectivity index (χ0) is 13.9. The Kier molecular flexibility index (Phi) is 3.47. The fourth-order valence-electron chi connectivity index (χ4n) is 1.98. The Bertz CT molecular complexity index is 689. The average Bonchev–Trinajstić information content (AvgIpc) is 3.10. The van der Waals surface area contributed by atoms with Crippen molar-refractivity contribution in [3.63, 3.8) is 0 Å². The van der Waals surface area contributed by atoms with E-state index in [1.807, 2.05) is 36.7 Å². The molecule has 1 atom stereocenters. The molecule has 0 saturated carbocycles. The molecule has 0 aliphatic carbocycles. The van der Waals surface area contributed by atoms with Gasteiger partial charge in [-0.2, -0.15) is 5.10 Å². The topological polar surface area (TPSA) is 66.5 Å². The molecular weight excluding hydrogens is 270 g/mol. The quantitative estimate of drug-likeness (QED) is 0.771. The number of H-pyrrole nitrogens is 1. The van der Waals surface area contributed by atoms with Crippen molar-refractivity contribution in [3.05, 3.63) is 46.7 Å². The molecule has 0 bridgehead atoms. The highest BCUT2D eigenvalue weighted by molar-refractivity contribution is 7.07. The summed E-state index contributed by atoms with van der Waals surface area (Å²) in [7, 11) is 0. The maximum absolute atomic E-state index is 4.35. The predicted octanol–water partition coefficient (Wildman–Crippen LogP) is 3.41. The van der Waals surface area contributed by atoms with Gasteiger partial charge in [0.15, 0.2) is 5.82 Å². The number of rotatable bonds is 4. The summed E-state index contributed by atoms with van der Waals surface area (Å²) in [6.45, 7) is 3.99. The third-order valence-corrected chi connectivity index (χ3v) is 3.60. The van der Waals surface area contributed by atoms with Crippen molar-refractivity contribution in [2.45, 2.75) is 19.9 Å². The van der Waals surface area contributed by atoms with Gasteiger partial charge in [-0.1, -0.05) is 12.1 Å². The lowest BCUT2D eigenvalue weighted by Gasteiger charge is -2.13. The Labute approximate surface area is 121 Å². The highest BCUT2D eigenvalue weighted by Crippen LogP contribution is 2.23. The number of benzene rings is 1. The van der Waals surface area contributed by atoms with Gasteiger partial charge in [0, 0.05) is 16.6 Å². The van der Waals surface area contributed by atoms with Crippen LogP contribution in [0.25, 0.3) is 11.4 Å². The molecule has 20 heavy (non-hydrogen) atoms. The van der Waals surface area contributed by atoms with E-state index in [2.05, 4.69) is 37.8 Å². The standard InChI is InChI=1S/C14H15N5S/c1-9(13-7-20-8-15-13)16-12-5-3-4-11(6-12)14-17-10(2)18-19-14/h3-9,16H,1-2H3,(H,17,18,19). The molecule has 1 unspecified atom stereocenters. The molecule has 0 saturated heterocycles. The number of aromatic amines is 1. The first-order valence-corrected chi connectivity index (χ1v) is 7.31. The third kappa shape index (κ3) is 2.70. The van der Waals surface area contributed by atoms with E-state index in [0.29, 0.717) is 5.82 Å². The number of hydrogen-bond acceptors (Lipinski definition) is 5. The van der Waals surface area contributed by atoms with Crippen LogP contribution in [0.15, 0.2) is 35.2 Å². The number of aromatic nitrogens is 4. The van der Waals surface area contributed by atoms with Crippen molar-refractivity contribution in [2.24, 2.45) is 0 Å². The molecular formula is C14H15N5S. The molecule has 1 aromatic carbocycles. The minimum atomic E-state index is 0.172. The molecule has 2 aromatic heterocycles. The van der Waals surface area contributed by atoms with Crippen molar-refractivity contribution in [1.82, 2.24) is 20.2 Å². The zero-order valence-corrected chi connectivity index (χ0v) is 12.1. The number of nitrogens with zero attached hydrogens (tertiary/aromatic N) is 3. The van der Waals surface area contributed by atoms with Crippen LogP contribution in [0.2, 0.25) is 0 Å². The highest BCUT2D eigenvalue weighted by Gasteiger charge is 2.09. The lowest BCUT2D eigenvalue weighted by molar-refractivity contribution is 0.850. The van der Waals surface area contributed by atoms with Crippen molar-refractivity contribution >= 4 is 17.0 Å². The molecule has 0 fully saturated rings. The fraction of sp³-hybridized carbons (Fsp3) is 0.214. The minimum absolute atomic E-state index is 0.172. The highest BCUT2D eigenvalue weighted by atomic mass is 32.1. The van der Waals surface area contributed by atoms with Gasteiger partial charge in [-0.3, -0.25) is 5.10 Å². The van der Waals surface area contributed by atoms with Crippen LogP contribution in [0.3, 0.4) is 0 Å². The Hall–Kier alpha value is -2.21. The van der Waals surface area contributed by atoms with E-state index in [4.69, 9.17) is 0 Å². The third-order valence-electron chi connectivity index (χ3n) is 3.00. The summed E-state index contributed by atoms with van der Waals surface area (Å²) in [4.78, 5) is 8.67. The van der Waals surface area contributed by atoms with E-state index in [0.717, 1.165) is 22.8 Å². The number of anilines is 1. The monoisotopic (exact) mass is 285 g/mol. The molecule has 5 nitrogen and oxygen atoms in total. The van der Waals surface area contributed by atoms with Gasteiger partial charge in [0.1, 0.15) is 5.82 Å². The molecule has 6 heteroatoms. The molecule has 0 amide bonds. The largest absolute Gasteiger partial charge is 0.377 e. The summed E-state index contributed by atoms with van der Waals surface area (Å²) >= 11 is 1.61. The van der Waals surface area contributed by atoms with Crippen molar-refractivity contribution in [3.8, 4) is 11.4 Å². The van der Waals surface area contributed by atoms with Crippen LogP contribution in [-0.4, -0.2) is 20.2 Å². The lowest BCUT2D eigenvalue weighted by atomic mass is 10.1. The first-order chi connectivity index (χ1) is 9.72. The summed E-state index contributed by atoms with van der Waals surface area (Å²) < 4.78 is 0. The number of hydrogen-bond donors (Lipinski definition) is 2.